The van der Waals surface area contributed by atoms with Gasteiger partial charge in [-0.05, 0) is 133 Å². The van der Waals surface area contributed by atoms with Crippen LogP contribution in [-0.2, 0) is 6.42 Å². The van der Waals surface area contributed by atoms with Crippen molar-refractivity contribution < 1.29 is 4.42 Å². The Kier molecular flexibility index (Phi) is 8.37. The van der Waals surface area contributed by atoms with Crippen LogP contribution < -0.4 is 20.6 Å². The zero-order valence-corrected chi connectivity index (χ0v) is 34.1. The fourth-order valence-corrected chi connectivity index (χ4v) is 10.2. The Morgan fingerprint density at radius 2 is 1.22 bits per heavy atom. The maximum atomic E-state index is 7.08. The largest absolute Gasteiger partial charge is 0.456 e. The molecule has 2 aliphatic heterocycles. The van der Waals surface area contributed by atoms with Crippen LogP contribution in [0.4, 0.5) is 28.4 Å². The van der Waals surface area contributed by atoms with E-state index in [4.69, 9.17) is 4.42 Å². The molecule has 0 N–H and O–H groups in total. The van der Waals surface area contributed by atoms with Crippen LogP contribution in [0.2, 0.25) is 0 Å². The fourth-order valence-electron chi connectivity index (χ4n) is 10.2. The molecule has 8 aromatic carbocycles. The van der Waals surface area contributed by atoms with Gasteiger partial charge in [-0.25, -0.2) is 0 Å². The predicted molar refractivity (Wildman–Crippen MR) is 251 cm³/mol. The average molecular weight is 761 g/mol. The number of nitrogens with zero attached hydrogens (tertiary/aromatic N) is 2. The van der Waals surface area contributed by atoms with Crippen molar-refractivity contribution in [1.82, 2.24) is 0 Å². The SMILES string of the molecule is CCCCc1ccc(N2B3c4c(cc(-c5c(C)cc(C)cc5C)cc4N(c4ccccc4-c4ccccc4)c4ccc5c(oc6ccccc65)c43)-c3ccccc32)cc1. The first kappa shape index (κ1) is 35.4. The molecular formula is C55H45BN2O. The molecule has 11 rings (SSSR count). The number of hydrogen-bond acceptors (Lipinski definition) is 3. The van der Waals surface area contributed by atoms with Crippen LogP contribution in [-0.4, -0.2) is 6.85 Å². The smallest absolute Gasteiger partial charge is 0.336 e. The van der Waals surface area contributed by atoms with E-state index in [1.165, 1.54) is 96.5 Å². The number of anilines is 5. The number of furan rings is 1. The van der Waals surface area contributed by atoms with Crippen LogP contribution in [0.1, 0.15) is 42.0 Å². The number of aryl methyl sites for hydroxylation is 4. The molecule has 1 aromatic heterocycles. The Hall–Kier alpha value is -6.78. The van der Waals surface area contributed by atoms with Crippen molar-refractivity contribution in [3.8, 4) is 33.4 Å². The van der Waals surface area contributed by atoms with Gasteiger partial charge in [0.1, 0.15) is 11.2 Å². The van der Waals surface area contributed by atoms with Crippen molar-refractivity contribution in [1.29, 1.82) is 0 Å². The molecule has 3 nitrogen and oxygen atoms in total. The molecule has 0 fully saturated rings. The Morgan fingerprint density at radius 1 is 0.525 bits per heavy atom. The van der Waals surface area contributed by atoms with E-state index in [1.54, 1.807) is 0 Å². The van der Waals surface area contributed by atoms with E-state index in [0.29, 0.717) is 0 Å². The number of hydrogen-bond donors (Lipinski definition) is 0. The van der Waals surface area contributed by atoms with Crippen molar-refractivity contribution >= 4 is 68.1 Å². The van der Waals surface area contributed by atoms with Gasteiger partial charge in [0.2, 0.25) is 0 Å². The molecule has 2 aliphatic rings. The monoisotopic (exact) mass is 760 g/mol. The van der Waals surface area contributed by atoms with E-state index >= 15 is 0 Å². The van der Waals surface area contributed by atoms with E-state index in [9.17, 15) is 0 Å². The zero-order valence-electron chi connectivity index (χ0n) is 34.1. The van der Waals surface area contributed by atoms with Crippen LogP contribution >= 0.6 is 0 Å². The van der Waals surface area contributed by atoms with Gasteiger partial charge in [-0.15, -0.1) is 0 Å². The zero-order chi connectivity index (χ0) is 39.8. The van der Waals surface area contributed by atoms with Gasteiger partial charge in [-0.2, -0.15) is 0 Å². The van der Waals surface area contributed by atoms with E-state index in [2.05, 4.69) is 201 Å². The summed E-state index contributed by atoms with van der Waals surface area (Å²) >= 11 is 0. The Balaban J connectivity index is 1.29. The lowest BCUT2D eigenvalue weighted by atomic mass is 9.43. The van der Waals surface area contributed by atoms with E-state index in [-0.39, 0.29) is 6.85 Å². The lowest BCUT2D eigenvalue weighted by Gasteiger charge is -2.46. The van der Waals surface area contributed by atoms with E-state index in [1.807, 2.05) is 0 Å². The quantitative estimate of drug-likeness (QED) is 0.151. The lowest BCUT2D eigenvalue weighted by molar-refractivity contribution is 0.671. The van der Waals surface area contributed by atoms with Crippen LogP contribution in [0.5, 0.6) is 0 Å². The average Bonchev–Trinajstić information content (AvgIpc) is 3.65. The topological polar surface area (TPSA) is 19.6 Å². The summed E-state index contributed by atoms with van der Waals surface area (Å²) in [6.07, 6.45) is 3.45. The van der Waals surface area contributed by atoms with Crippen molar-refractivity contribution in [3.05, 3.63) is 186 Å². The number of fused-ring (bicyclic) bond motifs is 8. The van der Waals surface area contributed by atoms with Crippen LogP contribution in [0.3, 0.4) is 0 Å². The highest BCUT2D eigenvalue weighted by Crippen LogP contribution is 2.51. The summed E-state index contributed by atoms with van der Waals surface area (Å²) in [5.41, 5.74) is 22.7. The molecule has 284 valence electrons. The van der Waals surface area contributed by atoms with Crippen LogP contribution in [0.15, 0.2) is 168 Å². The van der Waals surface area contributed by atoms with Gasteiger partial charge in [0.15, 0.2) is 0 Å². The molecule has 0 unspecified atom stereocenters. The van der Waals surface area contributed by atoms with Gasteiger partial charge in [0.25, 0.3) is 0 Å². The van der Waals surface area contributed by atoms with Gasteiger partial charge < -0.3 is 14.1 Å². The standard InChI is InChI=1S/C55H45BN2O/c1-5-6-16-38-25-27-41(28-26-38)58-48-23-14-11-20-43(48)46-33-40(52-36(3)31-35(2)32-37(52)4)34-50-53(46)56(58)54-49(30-29-45-44-21-12-15-24-51(44)59-55(45)54)57(50)47-22-13-10-19-42(47)39-17-8-7-9-18-39/h7-15,17-34H,5-6,16H2,1-4H3. The molecule has 0 bridgehead atoms. The van der Waals surface area contributed by atoms with Gasteiger partial charge in [-0.1, -0.05) is 128 Å². The highest BCUT2D eigenvalue weighted by atomic mass is 16.3. The van der Waals surface area contributed by atoms with Crippen molar-refractivity contribution in [3.63, 3.8) is 0 Å². The predicted octanol–water partition coefficient (Wildman–Crippen LogP) is 13.9. The molecule has 0 saturated carbocycles. The molecule has 0 radical (unpaired) electrons. The summed E-state index contributed by atoms with van der Waals surface area (Å²) in [4.78, 5) is 5.14. The minimum Gasteiger partial charge on any atom is -0.456 e. The molecule has 0 saturated heterocycles. The van der Waals surface area contributed by atoms with Gasteiger partial charge >= 0.3 is 6.85 Å². The third-order valence-electron chi connectivity index (χ3n) is 12.7. The number of benzene rings is 8. The molecule has 3 heterocycles. The molecule has 59 heavy (non-hydrogen) atoms. The summed E-state index contributed by atoms with van der Waals surface area (Å²) < 4.78 is 7.08. The molecule has 0 amide bonds. The Bertz CT molecular complexity index is 3070. The minimum absolute atomic E-state index is 0.176. The maximum Gasteiger partial charge on any atom is 0.336 e. The normalized spacial score (nSPS) is 12.8. The summed E-state index contributed by atoms with van der Waals surface area (Å²) in [7, 11) is 0. The van der Waals surface area contributed by atoms with Crippen molar-refractivity contribution in [2.75, 3.05) is 9.71 Å². The van der Waals surface area contributed by atoms with Crippen LogP contribution in [0, 0.1) is 20.8 Å². The van der Waals surface area contributed by atoms with Gasteiger partial charge in [0, 0.05) is 50.1 Å². The summed E-state index contributed by atoms with van der Waals surface area (Å²) in [6.45, 7) is 8.81. The second kappa shape index (κ2) is 14.0. The van der Waals surface area contributed by atoms with Crippen molar-refractivity contribution in [2.24, 2.45) is 0 Å². The van der Waals surface area contributed by atoms with Crippen molar-refractivity contribution in [2.45, 2.75) is 47.0 Å². The highest BCUT2D eigenvalue weighted by Gasteiger charge is 2.47. The summed E-state index contributed by atoms with van der Waals surface area (Å²) in [5.74, 6) is 0. The Labute approximate surface area is 347 Å². The minimum atomic E-state index is -0.176. The lowest BCUT2D eigenvalue weighted by Crippen LogP contribution is -2.61. The molecule has 0 spiro atoms. The third-order valence-corrected chi connectivity index (χ3v) is 12.7. The summed E-state index contributed by atoms with van der Waals surface area (Å²) in [6, 6.07) is 60.8. The van der Waals surface area contributed by atoms with E-state index < -0.39 is 0 Å². The molecular weight excluding hydrogens is 715 g/mol. The molecule has 0 aliphatic carbocycles. The van der Waals surface area contributed by atoms with Gasteiger partial charge in [-0.3, -0.25) is 0 Å². The first-order valence-corrected chi connectivity index (χ1v) is 21.1. The Morgan fingerprint density at radius 3 is 2.00 bits per heavy atom. The third kappa shape index (κ3) is 5.57. The number of rotatable bonds is 7. The molecule has 9 aromatic rings. The van der Waals surface area contributed by atoms with Gasteiger partial charge in [0.05, 0.1) is 5.69 Å². The first-order valence-electron chi connectivity index (χ1n) is 21.1. The molecule has 0 atom stereocenters. The second-order valence-corrected chi connectivity index (χ2v) is 16.5. The number of unbranched alkanes of at least 4 members (excludes halogenated alkanes) is 1. The van der Waals surface area contributed by atoms with E-state index in [0.717, 1.165) is 39.7 Å². The first-order chi connectivity index (χ1) is 29.0. The highest BCUT2D eigenvalue weighted by molar-refractivity contribution is 6.95. The number of para-hydroxylation sites is 3. The fraction of sp³-hybridized carbons (Fsp3) is 0.127. The molecule has 4 heteroatoms. The summed E-state index contributed by atoms with van der Waals surface area (Å²) in [5, 5.41) is 2.27. The second-order valence-electron chi connectivity index (χ2n) is 16.5. The maximum absolute atomic E-state index is 7.08. The van der Waals surface area contributed by atoms with Crippen LogP contribution in [0.25, 0.3) is 55.3 Å².